The first kappa shape index (κ1) is 15.6. The number of carbonyl (C=O) groups is 1. The highest BCUT2D eigenvalue weighted by molar-refractivity contribution is 6.02. The van der Waals surface area contributed by atoms with E-state index >= 15 is 0 Å². The van der Waals surface area contributed by atoms with Crippen LogP contribution in [0.3, 0.4) is 0 Å². The molecule has 4 atom stereocenters. The molecule has 2 heterocycles. The van der Waals surface area contributed by atoms with Crippen molar-refractivity contribution in [3.8, 4) is 0 Å². The smallest absolute Gasteiger partial charge is 0.275 e. The highest BCUT2D eigenvalue weighted by Gasteiger charge is 2.41. The lowest BCUT2D eigenvalue weighted by molar-refractivity contribution is -0.108. The predicted molar refractivity (Wildman–Crippen MR) is 79.7 cm³/mol. The van der Waals surface area contributed by atoms with E-state index in [1.165, 1.54) is 10.8 Å². The SMILES string of the molecule is O=C(Nc1ccccc1)c1cn2c(n1)[C@H](O)[C@@H](O)[C@H](O)[C@H]2CO. The Labute approximate surface area is 131 Å². The Morgan fingerprint density at radius 3 is 2.52 bits per heavy atom. The van der Waals surface area contributed by atoms with Gasteiger partial charge in [-0.05, 0) is 12.1 Å². The minimum absolute atomic E-state index is 0.0163. The number of benzene rings is 1. The second-order valence-electron chi connectivity index (χ2n) is 5.39. The van der Waals surface area contributed by atoms with Crippen molar-refractivity contribution >= 4 is 11.6 Å². The van der Waals surface area contributed by atoms with Gasteiger partial charge >= 0.3 is 0 Å². The molecule has 0 saturated heterocycles. The molecule has 0 unspecified atom stereocenters. The molecular weight excluding hydrogens is 302 g/mol. The van der Waals surface area contributed by atoms with Crippen molar-refractivity contribution in [1.29, 1.82) is 0 Å². The van der Waals surface area contributed by atoms with Crippen molar-refractivity contribution in [2.45, 2.75) is 24.4 Å². The molecule has 0 aliphatic carbocycles. The van der Waals surface area contributed by atoms with Gasteiger partial charge in [-0.15, -0.1) is 0 Å². The second-order valence-corrected chi connectivity index (χ2v) is 5.39. The van der Waals surface area contributed by atoms with E-state index in [0.29, 0.717) is 5.69 Å². The van der Waals surface area contributed by atoms with Crippen LogP contribution >= 0.6 is 0 Å². The van der Waals surface area contributed by atoms with Gasteiger partial charge in [0.1, 0.15) is 29.8 Å². The Bertz CT molecular complexity index is 702. The van der Waals surface area contributed by atoms with Crippen LogP contribution in [-0.2, 0) is 0 Å². The van der Waals surface area contributed by atoms with Gasteiger partial charge in [-0.3, -0.25) is 4.79 Å². The van der Waals surface area contributed by atoms with E-state index in [-0.39, 0.29) is 11.5 Å². The maximum atomic E-state index is 12.2. The number of aliphatic hydroxyl groups excluding tert-OH is 4. The first-order valence-electron chi connectivity index (χ1n) is 7.13. The van der Waals surface area contributed by atoms with Crippen LogP contribution in [0.5, 0.6) is 0 Å². The lowest BCUT2D eigenvalue weighted by Gasteiger charge is -2.35. The molecule has 0 saturated carbocycles. The van der Waals surface area contributed by atoms with Gasteiger partial charge in [-0.2, -0.15) is 0 Å². The molecule has 0 fully saturated rings. The Morgan fingerprint density at radius 1 is 1.17 bits per heavy atom. The Morgan fingerprint density at radius 2 is 1.87 bits per heavy atom. The maximum Gasteiger partial charge on any atom is 0.275 e. The summed E-state index contributed by atoms with van der Waals surface area (Å²) in [6, 6.07) is 7.90. The van der Waals surface area contributed by atoms with E-state index in [0.717, 1.165) is 0 Å². The Balaban J connectivity index is 1.90. The zero-order valence-corrected chi connectivity index (χ0v) is 12.1. The van der Waals surface area contributed by atoms with Crippen molar-refractivity contribution in [2.24, 2.45) is 0 Å². The van der Waals surface area contributed by atoms with Crippen LogP contribution in [0, 0.1) is 0 Å². The van der Waals surface area contributed by atoms with Crippen molar-refractivity contribution in [2.75, 3.05) is 11.9 Å². The molecule has 23 heavy (non-hydrogen) atoms. The molecular formula is C15H17N3O5. The fourth-order valence-electron chi connectivity index (χ4n) is 2.65. The first-order chi connectivity index (χ1) is 11.0. The van der Waals surface area contributed by atoms with E-state index in [1.54, 1.807) is 24.3 Å². The summed E-state index contributed by atoms with van der Waals surface area (Å²) < 4.78 is 1.32. The predicted octanol–water partition coefficient (Wildman–Crippen LogP) is -0.562. The summed E-state index contributed by atoms with van der Waals surface area (Å²) in [6.07, 6.45) is -2.94. The van der Waals surface area contributed by atoms with Gasteiger partial charge in [0.2, 0.25) is 0 Å². The highest BCUT2D eigenvalue weighted by atomic mass is 16.4. The number of hydrogen-bond donors (Lipinski definition) is 5. The minimum Gasteiger partial charge on any atom is -0.394 e. The zero-order chi connectivity index (χ0) is 16.6. The number of imidazole rings is 1. The highest BCUT2D eigenvalue weighted by Crippen LogP contribution is 2.32. The number of para-hydroxylation sites is 1. The quantitative estimate of drug-likeness (QED) is 0.516. The number of nitrogens with one attached hydrogen (secondary N) is 1. The van der Waals surface area contributed by atoms with Crippen molar-refractivity contribution < 1.29 is 25.2 Å². The number of aromatic nitrogens is 2. The lowest BCUT2D eigenvalue weighted by Crippen LogP contribution is -2.46. The second kappa shape index (κ2) is 6.09. The largest absolute Gasteiger partial charge is 0.394 e. The number of nitrogens with zero attached hydrogens (tertiary/aromatic N) is 2. The van der Waals surface area contributed by atoms with Gasteiger partial charge in [-0.1, -0.05) is 18.2 Å². The van der Waals surface area contributed by atoms with Crippen molar-refractivity contribution in [3.05, 3.63) is 48.0 Å². The third kappa shape index (κ3) is 2.73. The topological polar surface area (TPSA) is 128 Å². The lowest BCUT2D eigenvalue weighted by atomic mass is 9.96. The monoisotopic (exact) mass is 319 g/mol. The van der Waals surface area contributed by atoms with E-state index in [9.17, 15) is 25.2 Å². The molecule has 1 aromatic carbocycles. The number of anilines is 1. The van der Waals surface area contributed by atoms with Crippen LogP contribution in [0.1, 0.15) is 28.5 Å². The molecule has 5 N–H and O–H groups in total. The molecule has 1 amide bonds. The number of hydrogen-bond acceptors (Lipinski definition) is 6. The molecule has 8 nitrogen and oxygen atoms in total. The molecule has 8 heteroatoms. The van der Waals surface area contributed by atoms with Crippen LogP contribution in [0.4, 0.5) is 5.69 Å². The van der Waals surface area contributed by atoms with Gasteiger partial charge in [0.15, 0.2) is 0 Å². The maximum absolute atomic E-state index is 12.2. The summed E-state index contributed by atoms with van der Waals surface area (Å²) in [7, 11) is 0. The minimum atomic E-state index is -1.48. The van der Waals surface area contributed by atoms with Gasteiger partial charge in [0.25, 0.3) is 5.91 Å². The van der Waals surface area contributed by atoms with Crippen LogP contribution in [0.2, 0.25) is 0 Å². The number of amides is 1. The fourth-order valence-corrected chi connectivity index (χ4v) is 2.65. The fraction of sp³-hybridized carbons (Fsp3) is 0.333. The number of fused-ring (bicyclic) bond motifs is 1. The molecule has 122 valence electrons. The molecule has 0 spiro atoms. The normalized spacial score (nSPS) is 26.6. The van der Waals surface area contributed by atoms with Crippen LogP contribution < -0.4 is 5.32 Å². The molecule has 0 radical (unpaired) electrons. The standard InChI is InChI=1S/C15H17N3O5/c19-7-10-11(20)12(21)13(22)14-17-9(6-18(10)14)15(23)16-8-4-2-1-3-5-8/h1-6,10-13,19-22H,7H2,(H,16,23)/t10-,11-,12+,13-/m1/s1. The Hall–Kier alpha value is -2.26. The zero-order valence-electron chi connectivity index (χ0n) is 12.1. The van der Waals surface area contributed by atoms with Crippen LogP contribution in [-0.4, -0.2) is 54.7 Å². The summed E-state index contributed by atoms with van der Waals surface area (Å²) in [6.45, 7) is -0.464. The number of carbonyl (C=O) groups excluding carboxylic acids is 1. The summed E-state index contributed by atoms with van der Waals surface area (Å²) in [5.41, 5.74) is 0.602. The average molecular weight is 319 g/mol. The van der Waals surface area contributed by atoms with E-state index < -0.39 is 36.9 Å². The summed E-state index contributed by atoms with van der Waals surface area (Å²) in [4.78, 5) is 16.3. The summed E-state index contributed by atoms with van der Waals surface area (Å²) in [5.74, 6) is -0.467. The number of rotatable bonds is 3. The van der Waals surface area contributed by atoms with Crippen LogP contribution in [0.25, 0.3) is 0 Å². The third-order valence-corrected chi connectivity index (χ3v) is 3.90. The van der Waals surface area contributed by atoms with E-state index in [4.69, 9.17) is 0 Å². The van der Waals surface area contributed by atoms with Crippen molar-refractivity contribution in [1.82, 2.24) is 9.55 Å². The first-order valence-corrected chi connectivity index (χ1v) is 7.13. The molecule has 0 bridgehead atoms. The van der Waals surface area contributed by atoms with E-state index in [2.05, 4.69) is 10.3 Å². The third-order valence-electron chi connectivity index (χ3n) is 3.90. The molecule has 2 aromatic rings. The summed E-state index contributed by atoms with van der Waals surface area (Å²) >= 11 is 0. The summed E-state index contributed by atoms with van der Waals surface area (Å²) in [5, 5.41) is 41.8. The van der Waals surface area contributed by atoms with E-state index in [1.807, 2.05) is 6.07 Å². The molecule has 1 aliphatic heterocycles. The molecule has 3 rings (SSSR count). The van der Waals surface area contributed by atoms with Gasteiger partial charge in [0.05, 0.1) is 12.6 Å². The van der Waals surface area contributed by atoms with Gasteiger partial charge in [0, 0.05) is 11.9 Å². The van der Waals surface area contributed by atoms with Gasteiger partial charge < -0.3 is 30.3 Å². The molecule has 1 aliphatic rings. The Kier molecular flexibility index (Phi) is 4.14. The van der Waals surface area contributed by atoms with Gasteiger partial charge in [-0.25, -0.2) is 4.98 Å². The number of aliphatic hydroxyl groups is 4. The molecule has 1 aromatic heterocycles. The average Bonchev–Trinajstić information content (AvgIpc) is 2.99. The van der Waals surface area contributed by atoms with Crippen molar-refractivity contribution in [3.63, 3.8) is 0 Å². The van der Waals surface area contributed by atoms with Crippen LogP contribution in [0.15, 0.2) is 36.5 Å².